The Kier molecular flexibility index (Phi) is 2.37. The monoisotopic (exact) mass is 164 g/mol. The summed E-state index contributed by atoms with van der Waals surface area (Å²) in [4.78, 5) is 0. The number of rotatable bonds is 2. The van der Waals surface area contributed by atoms with Crippen LogP contribution >= 0.6 is 0 Å². The molecular formula is C7H8N4O. The quantitative estimate of drug-likeness (QED) is 0.263. The van der Waals surface area contributed by atoms with E-state index in [0.717, 1.165) is 0 Å². The Balaban J connectivity index is 2.97. The van der Waals surface area contributed by atoms with Crippen LogP contribution in [0.4, 0.5) is 0 Å². The van der Waals surface area contributed by atoms with E-state index in [9.17, 15) is 0 Å². The van der Waals surface area contributed by atoms with Crippen molar-refractivity contribution >= 4 is 5.84 Å². The van der Waals surface area contributed by atoms with Crippen LogP contribution in [0.2, 0.25) is 0 Å². The second kappa shape index (κ2) is 3.47. The molecule has 0 aliphatic carbocycles. The first-order chi connectivity index (χ1) is 5.74. The van der Waals surface area contributed by atoms with Gasteiger partial charge in [0.1, 0.15) is 5.75 Å². The van der Waals surface area contributed by atoms with Gasteiger partial charge in [-0.15, -0.1) is 5.10 Å². The molecule has 1 rings (SSSR count). The second-order valence-electron chi connectivity index (χ2n) is 2.13. The Hall–Kier alpha value is -1.91. The van der Waals surface area contributed by atoms with Crippen LogP contribution in [0.25, 0.3) is 0 Å². The fourth-order valence-corrected chi connectivity index (χ4v) is 0.744. The number of benzene rings is 1. The van der Waals surface area contributed by atoms with E-state index in [1.165, 1.54) is 12.1 Å². The molecule has 0 spiro atoms. The molecule has 0 amide bonds. The highest BCUT2D eigenvalue weighted by molar-refractivity contribution is 5.97. The van der Waals surface area contributed by atoms with Gasteiger partial charge in [-0.25, -0.2) is 0 Å². The normalized spacial score (nSPS) is 11.2. The lowest BCUT2D eigenvalue weighted by Gasteiger charge is -1.97. The molecule has 1 aromatic carbocycles. The van der Waals surface area contributed by atoms with Crippen molar-refractivity contribution in [1.82, 2.24) is 0 Å². The standard InChI is InChI=1S/C7H8N4O/c8-7(10-11-9)5-1-3-6(12)4-2-5/h1-4,12H,(H3,8,9,10). The maximum absolute atomic E-state index is 8.93. The van der Waals surface area contributed by atoms with Crippen LogP contribution in [-0.4, -0.2) is 10.9 Å². The van der Waals surface area contributed by atoms with Crippen LogP contribution in [-0.2, 0) is 0 Å². The van der Waals surface area contributed by atoms with Crippen molar-refractivity contribution in [2.45, 2.75) is 0 Å². The molecule has 0 saturated heterocycles. The predicted molar refractivity (Wildman–Crippen MR) is 44.0 cm³/mol. The van der Waals surface area contributed by atoms with Crippen LogP contribution in [0.3, 0.4) is 0 Å². The molecule has 0 aliphatic heterocycles. The highest BCUT2D eigenvalue weighted by atomic mass is 16.3. The molecule has 0 radical (unpaired) electrons. The third-order valence-corrected chi connectivity index (χ3v) is 1.32. The van der Waals surface area contributed by atoms with Gasteiger partial charge in [-0.1, -0.05) is 5.22 Å². The first-order valence-electron chi connectivity index (χ1n) is 3.23. The highest BCUT2D eigenvalue weighted by Gasteiger charge is 1.96. The molecule has 5 heteroatoms. The first-order valence-corrected chi connectivity index (χ1v) is 3.23. The Bertz CT molecular complexity index is 304. The SMILES string of the molecule is N=NN=C(N)c1ccc(O)cc1. The van der Waals surface area contributed by atoms with Gasteiger partial charge < -0.3 is 10.8 Å². The molecular weight excluding hydrogens is 156 g/mol. The summed E-state index contributed by atoms with van der Waals surface area (Å²) in [5.41, 5.74) is 12.5. The Morgan fingerprint density at radius 1 is 1.33 bits per heavy atom. The molecule has 1 aromatic rings. The van der Waals surface area contributed by atoms with Gasteiger partial charge >= 0.3 is 0 Å². The van der Waals surface area contributed by atoms with Gasteiger partial charge in [-0.3, -0.25) is 0 Å². The predicted octanol–water partition coefficient (Wildman–Crippen LogP) is 1.04. The van der Waals surface area contributed by atoms with Gasteiger partial charge in [0.15, 0.2) is 5.84 Å². The van der Waals surface area contributed by atoms with Gasteiger partial charge in [0.05, 0.1) is 0 Å². The lowest BCUT2D eigenvalue weighted by molar-refractivity contribution is 0.475. The Morgan fingerprint density at radius 2 is 1.92 bits per heavy atom. The number of nitrogens with one attached hydrogen (secondary N) is 1. The maximum Gasteiger partial charge on any atom is 0.155 e. The topological polar surface area (TPSA) is 94.8 Å². The third-order valence-electron chi connectivity index (χ3n) is 1.32. The van der Waals surface area contributed by atoms with Crippen molar-refractivity contribution in [1.29, 1.82) is 5.53 Å². The van der Waals surface area contributed by atoms with E-state index in [1.54, 1.807) is 12.1 Å². The van der Waals surface area contributed by atoms with E-state index in [2.05, 4.69) is 10.3 Å². The van der Waals surface area contributed by atoms with Crippen molar-refractivity contribution in [2.24, 2.45) is 16.1 Å². The van der Waals surface area contributed by atoms with Crippen molar-refractivity contribution in [3.05, 3.63) is 29.8 Å². The minimum atomic E-state index is 0.157. The maximum atomic E-state index is 8.93. The minimum Gasteiger partial charge on any atom is -0.508 e. The molecule has 0 aliphatic rings. The molecule has 0 saturated carbocycles. The van der Waals surface area contributed by atoms with Gasteiger partial charge in [0.25, 0.3) is 0 Å². The average Bonchev–Trinajstić information content (AvgIpc) is 2.06. The first kappa shape index (κ1) is 8.19. The van der Waals surface area contributed by atoms with Crippen molar-refractivity contribution < 1.29 is 5.11 Å². The zero-order chi connectivity index (χ0) is 8.97. The summed E-state index contributed by atoms with van der Waals surface area (Å²) in [6.45, 7) is 0. The number of hydrogen-bond acceptors (Lipinski definition) is 3. The summed E-state index contributed by atoms with van der Waals surface area (Å²) < 4.78 is 0. The molecule has 4 N–H and O–H groups in total. The molecule has 62 valence electrons. The van der Waals surface area contributed by atoms with E-state index in [0.29, 0.717) is 5.56 Å². The zero-order valence-corrected chi connectivity index (χ0v) is 6.23. The molecule has 0 aromatic heterocycles. The van der Waals surface area contributed by atoms with E-state index >= 15 is 0 Å². The molecule has 0 atom stereocenters. The fourth-order valence-electron chi connectivity index (χ4n) is 0.744. The van der Waals surface area contributed by atoms with Crippen LogP contribution < -0.4 is 5.73 Å². The van der Waals surface area contributed by atoms with Gasteiger partial charge in [0.2, 0.25) is 0 Å². The number of aromatic hydroxyl groups is 1. The van der Waals surface area contributed by atoms with Gasteiger partial charge in [-0.2, -0.15) is 5.53 Å². The number of nitrogens with two attached hydrogens (primary N) is 1. The van der Waals surface area contributed by atoms with Crippen LogP contribution in [0.5, 0.6) is 5.75 Å². The molecule has 0 fully saturated rings. The Labute approximate surface area is 69.0 Å². The largest absolute Gasteiger partial charge is 0.508 e. The molecule has 0 unspecified atom stereocenters. The van der Waals surface area contributed by atoms with Crippen molar-refractivity contribution in [2.75, 3.05) is 0 Å². The van der Waals surface area contributed by atoms with Crippen LogP contribution in [0.15, 0.2) is 34.6 Å². The number of hydrogen-bond donors (Lipinski definition) is 3. The van der Waals surface area contributed by atoms with E-state index in [-0.39, 0.29) is 11.6 Å². The molecule has 12 heavy (non-hydrogen) atoms. The summed E-state index contributed by atoms with van der Waals surface area (Å²) in [5.74, 6) is 0.319. The van der Waals surface area contributed by atoms with E-state index in [4.69, 9.17) is 16.4 Å². The number of phenols is 1. The summed E-state index contributed by atoms with van der Waals surface area (Å²) in [6.07, 6.45) is 0. The minimum absolute atomic E-state index is 0.157. The number of nitrogens with zero attached hydrogens (tertiary/aromatic N) is 2. The third kappa shape index (κ3) is 1.79. The lowest BCUT2D eigenvalue weighted by atomic mass is 10.2. The van der Waals surface area contributed by atoms with Crippen molar-refractivity contribution in [3.63, 3.8) is 0 Å². The highest BCUT2D eigenvalue weighted by Crippen LogP contribution is 2.08. The summed E-state index contributed by atoms with van der Waals surface area (Å²) in [6, 6.07) is 6.17. The zero-order valence-electron chi connectivity index (χ0n) is 6.23. The summed E-state index contributed by atoms with van der Waals surface area (Å²) >= 11 is 0. The molecule has 5 nitrogen and oxygen atoms in total. The van der Waals surface area contributed by atoms with Gasteiger partial charge in [0, 0.05) is 5.56 Å². The summed E-state index contributed by atoms with van der Waals surface area (Å²) in [7, 11) is 0. The van der Waals surface area contributed by atoms with Crippen molar-refractivity contribution in [3.8, 4) is 5.75 Å². The van der Waals surface area contributed by atoms with Crippen LogP contribution in [0.1, 0.15) is 5.56 Å². The fraction of sp³-hybridized carbons (Fsp3) is 0. The molecule has 0 heterocycles. The number of phenolic OH excluding ortho intramolecular Hbond substituents is 1. The second-order valence-corrected chi connectivity index (χ2v) is 2.13. The van der Waals surface area contributed by atoms with Gasteiger partial charge in [-0.05, 0) is 24.3 Å². The van der Waals surface area contributed by atoms with E-state index in [1.807, 2.05) is 0 Å². The van der Waals surface area contributed by atoms with Crippen LogP contribution in [0, 0.1) is 5.53 Å². The summed E-state index contributed by atoms with van der Waals surface area (Å²) in [5, 5.41) is 15.0. The molecule has 0 bridgehead atoms. The lowest BCUT2D eigenvalue weighted by Crippen LogP contribution is -2.11. The Morgan fingerprint density at radius 3 is 2.42 bits per heavy atom. The van der Waals surface area contributed by atoms with E-state index < -0.39 is 0 Å². The number of amidine groups is 1. The smallest absolute Gasteiger partial charge is 0.155 e. The average molecular weight is 164 g/mol.